The Bertz CT molecular complexity index is 996. The topological polar surface area (TPSA) is 9.23 Å². The molecule has 0 atom stereocenters. The molecule has 0 aromatic heterocycles. The molecular weight excluding hydrogens is 372 g/mol. The lowest BCUT2D eigenvalue weighted by atomic mass is 10.1. The number of para-hydroxylation sites is 1. The van der Waals surface area contributed by atoms with Gasteiger partial charge in [0, 0.05) is 21.2 Å². The molecule has 0 saturated carbocycles. The Morgan fingerprint density at radius 2 is 1.16 bits per heavy atom. The highest BCUT2D eigenvalue weighted by Crippen LogP contribution is 2.16. The highest BCUT2D eigenvalue weighted by Gasteiger charge is 1.98. The first kappa shape index (κ1) is 16.9. The predicted octanol–water partition coefficient (Wildman–Crippen LogP) is 5.26. The molecule has 0 saturated heterocycles. The molecule has 0 unspecified atom stereocenters. The second-order valence-corrected chi connectivity index (χ2v) is 6.17. The highest BCUT2D eigenvalue weighted by molar-refractivity contribution is 9.10. The minimum atomic E-state index is 0.772. The minimum absolute atomic E-state index is 0.772. The van der Waals surface area contributed by atoms with E-state index in [1.165, 1.54) is 0 Å². The van der Waals surface area contributed by atoms with Gasteiger partial charge in [-0.25, -0.2) is 0 Å². The van der Waals surface area contributed by atoms with Crippen LogP contribution in [0.3, 0.4) is 0 Å². The first-order chi connectivity index (χ1) is 12.3. The molecule has 0 radical (unpaired) electrons. The number of rotatable bonds is 1. The highest BCUT2D eigenvalue weighted by atomic mass is 79.9. The van der Waals surface area contributed by atoms with Crippen LogP contribution in [0.1, 0.15) is 22.3 Å². The third-order valence-corrected chi connectivity index (χ3v) is 4.08. The Hall–Kier alpha value is -2.94. The summed E-state index contributed by atoms with van der Waals surface area (Å²) in [6.07, 6.45) is 0. The molecule has 0 aliphatic rings. The van der Waals surface area contributed by atoms with E-state index in [2.05, 4.69) is 39.6 Å². The molecule has 25 heavy (non-hydrogen) atoms. The number of hydrogen-bond acceptors (Lipinski definition) is 1. The van der Waals surface area contributed by atoms with Crippen LogP contribution in [-0.2, 0) is 0 Å². The van der Waals surface area contributed by atoms with Gasteiger partial charge >= 0.3 is 0 Å². The van der Waals surface area contributed by atoms with Gasteiger partial charge in [-0.05, 0) is 48.5 Å². The molecule has 1 nitrogen and oxygen atoms in total. The normalized spacial score (nSPS) is 9.36. The summed E-state index contributed by atoms with van der Waals surface area (Å²) < 4.78 is 6.39. The van der Waals surface area contributed by atoms with Gasteiger partial charge in [-0.1, -0.05) is 63.9 Å². The van der Waals surface area contributed by atoms with Gasteiger partial charge in [0.15, 0.2) is 0 Å². The van der Waals surface area contributed by atoms with Gasteiger partial charge in [-0.15, -0.1) is 0 Å². The molecule has 3 aromatic rings. The summed E-state index contributed by atoms with van der Waals surface area (Å²) in [7, 11) is 1.65. The Morgan fingerprint density at radius 3 is 1.80 bits per heavy atom. The van der Waals surface area contributed by atoms with Crippen LogP contribution in [0, 0.1) is 23.7 Å². The van der Waals surface area contributed by atoms with Crippen molar-refractivity contribution in [2.24, 2.45) is 0 Å². The molecule has 120 valence electrons. The molecular formula is C23H15BrO. The van der Waals surface area contributed by atoms with Crippen molar-refractivity contribution in [2.75, 3.05) is 7.11 Å². The SMILES string of the molecule is COc1ccccc1C#Cc1ccccc1C#Cc1ccc(Br)cc1. The molecule has 3 aromatic carbocycles. The van der Waals surface area contributed by atoms with E-state index in [9.17, 15) is 0 Å². The maximum atomic E-state index is 5.34. The van der Waals surface area contributed by atoms with Crippen molar-refractivity contribution in [2.45, 2.75) is 0 Å². The molecule has 0 aliphatic heterocycles. The van der Waals surface area contributed by atoms with Crippen molar-refractivity contribution in [3.8, 4) is 29.4 Å². The smallest absolute Gasteiger partial charge is 0.134 e. The van der Waals surface area contributed by atoms with Gasteiger partial charge in [0.1, 0.15) is 5.75 Å². The van der Waals surface area contributed by atoms with Crippen LogP contribution in [0.15, 0.2) is 77.3 Å². The van der Waals surface area contributed by atoms with Crippen molar-refractivity contribution >= 4 is 15.9 Å². The molecule has 0 amide bonds. The van der Waals surface area contributed by atoms with Gasteiger partial charge in [-0.3, -0.25) is 0 Å². The summed E-state index contributed by atoms with van der Waals surface area (Å²) in [5, 5.41) is 0. The first-order valence-electron chi connectivity index (χ1n) is 7.78. The molecule has 0 N–H and O–H groups in total. The van der Waals surface area contributed by atoms with Crippen LogP contribution in [0.5, 0.6) is 5.75 Å². The number of halogens is 1. The van der Waals surface area contributed by atoms with E-state index in [0.29, 0.717) is 0 Å². The minimum Gasteiger partial charge on any atom is -0.495 e. The van der Waals surface area contributed by atoms with Crippen molar-refractivity contribution in [3.63, 3.8) is 0 Å². The average molecular weight is 387 g/mol. The van der Waals surface area contributed by atoms with Gasteiger partial charge < -0.3 is 4.74 Å². The molecule has 0 bridgehead atoms. The summed E-state index contributed by atoms with van der Waals surface area (Å²) in [5.41, 5.74) is 3.64. The number of ether oxygens (including phenoxy) is 1. The lowest BCUT2D eigenvalue weighted by Gasteiger charge is -2.01. The largest absolute Gasteiger partial charge is 0.495 e. The number of hydrogen-bond donors (Lipinski definition) is 0. The maximum absolute atomic E-state index is 5.34. The lowest BCUT2D eigenvalue weighted by Crippen LogP contribution is -1.87. The van der Waals surface area contributed by atoms with Gasteiger partial charge in [-0.2, -0.15) is 0 Å². The fourth-order valence-electron chi connectivity index (χ4n) is 2.26. The van der Waals surface area contributed by atoms with Crippen LogP contribution in [-0.4, -0.2) is 7.11 Å². The second kappa shape index (κ2) is 8.25. The van der Waals surface area contributed by atoms with Gasteiger partial charge in [0.05, 0.1) is 12.7 Å². The van der Waals surface area contributed by atoms with Crippen molar-refractivity contribution in [3.05, 3.63) is 99.5 Å². The van der Waals surface area contributed by atoms with Crippen LogP contribution in [0.25, 0.3) is 0 Å². The monoisotopic (exact) mass is 386 g/mol. The summed E-state index contributed by atoms with van der Waals surface area (Å²) >= 11 is 3.43. The number of benzene rings is 3. The third-order valence-electron chi connectivity index (χ3n) is 3.55. The van der Waals surface area contributed by atoms with E-state index >= 15 is 0 Å². The second-order valence-electron chi connectivity index (χ2n) is 5.25. The molecule has 0 heterocycles. The van der Waals surface area contributed by atoms with E-state index in [-0.39, 0.29) is 0 Å². The number of methoxy groups -OCH3 is 1. The zero-order valence-electron chi connectivity index (χ0n) is 13.7. The summed E-state index contributed by atoms with van der Waals surface area (Å²) in [5.74, 6) is 13.6. The Balaban J connectivity index is 1.93. The third kappa shape index (κ3) is 4.54. The fourth-order valence-corrected chi connectivity index (χ4v) is 2.52. The Morgan fingerprint density at radius 1 is 0.640 bits per heavy atom. The van der Waals surface area contributed by atoms with Crippen LogP contribution < -0.4 is 4.74 Å². The van der Waals surface area contributed by atoms with E-state index in [1.807, 2.05) is 72.8 Å². The molecule has 0 aliphatic carbocycles. The zero-order chi connectivity index (χ0) is 17.5. The van der Waals surface area contributed by atoms with E-state index in [0.717, 1.165) is 32.5 Å². The predicted molar refractivity (Wildman–Crippen MR) is 106 cm³/mol. The van der Waals surface area contributed by atoms with Crippen LogP contribution >= 0.6 is 15.9 Å². The Labute approximate surface area is 156 Å². The summed E-state index contributed by atoms with van der Waals surface area (Å²) in [6.45, 7) is 0. The van der Waals surface area contributed by atoms with Crippen molar-refractivity contribution in [1.29, 1.82) is 0 Å². The van der Waals surface area contributed by atoms with Crippen LogP contribution in [0.2, 0.25) is 0 Å². The Kier molecular flexibility index (Phi) is 5.57. The lowest BCUT2D eigenvalue weighted by molar-refractivity contribution is 0.413. The van der Waals surface area contributed by atoms with Gasteiger partial charge in [0.25, 0.3) is 0 Å². The van der Waals surface area contributed by atoms with E-state index in [4.69, 9.17) is 4.74 Å². The summed E-state index contributed by atoms with van der Waals surface area (Å²) in [6, 6.07) is 23.6. The fraction of sp³-hybridized carbons (Fsp3) is 0.0435. The van der Waals surface area contributed by atoms with E-state index < -0.39 is 0 Å². The van der Waals surface area contributed by atoms with E-state index in [1.54, 1.807) is 7.11 Å². The average Bonchev–Trinajstić information content (AvgIpc) is 2.67. The molecule has 2 heteroatoms. The molecule has 3 rings (SSSR count). The van der Waals surface area contributed by atoms with Crippen LogP contribution in [0.4, 0.5) is 0 Å². The van der Waals surface area contributed by atoms with Crippen molar-refractivity contribution in [1.82, 2.24) is 0 Å². The quantitative estimate of drug-likeness (QED) is 0.518. The molecule has 0 fully saturated rings. The maximum Gasteiger partial charge on any atom is 0.134 e. The van der Waals surface area contributed by atoms with Crippen molar-refractivity contribution < 1.29 is 4.74 Å². The zero-order valence-corrected chi connectivity index (χ0v) is 15.3. The molecule has 0 spiro atoms. The summed E-state index contributed by atoms with van der Waals surface area (Å²) in [4.78, 5) is 0. The van der Waals surface area contributed by atoms with Gasteiger partial charge in [0.2, 0.25) is 0 Å². The first-order valence-corrected chi connectivity index (χ1v) is 8.57. The standard InChI is InChI=1S/C23H15BrO/c1-25-23-9-5-4-8-21(23)15-14-20-7-3-2-6-19(20)13-10-18-11-16-22(24)17-12-18/h2-9,11-12,16-17H,1H3.